The highest BCUT2D eigenvalue weighted by Gasteiger charge is 2.37. The molecule has 5 rings (SSSR count). The number of fused-ring (bicyclic) bond motifs is 5. The number of furan rings is 1. The zero-order valence-corrected chi connectivity index (χ0v) is 17.7. The van der Waals surface area contributed by atoms with Crippen LogP contribution in [0.1, 0.15) is 23.6 Å². The molecular weight excluding hydrogens is 362 g/mol. The van der Waals surface area contributed by atoms with Crippen molar-refractivity contribution < 1.29 is 9.15 Å². The molecule has 0 radical (unpaired) electrons. The van der Waals surface area contributed by atoms with Crippen LogP contribution in [0.15, 0.2) is 40.9 Å². The fourth-order valence-corrected chi connectivity index (χ4v) is 4.49. The highest BCUT2D eigenvalue weighted by Crippen LogP contribution is 2.49. The molecule has 1 aliphatic rings. The molecule has 0 bridgehead atoms. The molecule has 3 heterocycles. The van der Waals surface area contributed by atoms with Crippen molar-refractivity contribution in [2.45, 2.75) is 33.9 Å². The highest BCUT2D eigenvalue weighted by molar-refractivity contribution is 6.12. The minimum Gasteiger partial charge on any atom is -0.496 e. The second-order valence-electron chi connectivity index (χ2n) is 7.95. The standard InChI is InChI=1S/C24H25N3O2/c1-13-10-19(15(3)20(11-13)28-6)27-16(4)26(5)21-23-18(12-25-24(21)27)17-9-7-8-14(2)22(17)29-23/h7-12,16H,1-6H3/t16-/m0/s1. The van der Waals surface area contributed by atoms with Gasteiger partial charge in [-0.2, -0.15) is 0 Å². The smallest absolute Gasteiger partial charge is 0.164 e. The van der Waals surface area contributed by atoms with Gasteiger partial charge in [0.2, 0.25) is 0 Å². The van der Waals surface area contributed by atoms with E-state index in [1.807, 2.05) is 6.20 Å². The lowest BCUT2D eigenvalue weighted by molar-refractivity contribution is 0.411. The average Bonchev–Trinajstić information content (AvgIpc) is 3.20. The van der Waals surface area contributed by atoms with Crippen LogP contribution in [0.4, 0.5) is 17.2 Å². The molecule has 0 N–H and O–H groups in total. The quantitative estimate of drug-likeness (QED) is 0.432. The first-order valence-electron chi connectivity index (χ1n) is 9.90. The first-order chi connectivity index (χ1) is 13.9. The molecule has 29 heavy (non-hydrogen) atoms. The average molecular weight is 387 g/mol. The van der Waals surface area contributed by atoms with Gasteiger partial charge in [-0.1, -0.05) is 18.2 Å². The van der Waals surface area contributed by atoms with Crippen LogP contribution in [0, 0.1) is 20.8 Å². The van der Waals surface area contributed by atoms with Crippen LogP contribution in [0.3, 0.4) is 0 Å². The predicted molar refractivity (Wildman–Crippen MR) is 119 cm³/mol. The molecule has 1 atom stereocenters. The summed E-state index contributed by atoms with van der Waals surface area (Å²) < 4.78 is 12.0. The summed E-state index contributed by atoms with van der Waals surface area (Å²) in [5.41, 5.74) is 7.38. The Labute approximate surface area is 170 Å². The van der Waals surface area contributed by atoms with Gasteiger partial charge in [0, 0.05) is 29.6 Å². The van der Waals surface area contributed by atoms with E-state index in [0.717, 1.165) is 61.6 Å². The van der Waals surface area contributed by atoms with E-state index < -0.39 is 0 Å². The SMILES string of the molecule is COc1cc(C)cc(N2c3ncc4c(oc5c(C)cccc54)c3N(C)[C@@H]2C)c1C. The zero-order valence-electron chi connectivity index (χ0n) is 17.7. The topological polar surface area (TPSA) is 41.7 Å². The van der Waals surface area contributed by atoms with Crippen LogP contribution in [0.2, 0.25) is 0 Å². The zero-order chi connectivity index (χ0) is 20.4. The molecule has 0 unspecified atom stereocenters. The maximum Gasteiger partial charge on any atom is 0.164 e. The highest BCUT2D eigenvalue weighted by atomic mass is 16.5. The van der Waals surface area contributed by atoms with Crippen LogP contribution in [-0.2, 0) is 0 Å². The van der Waals surface area contributed by atoms with E-state index in [-0.39, 0.29) is 6.17 Å². The Morgan fingerprint density at radius 2 is 1.86 bits per heavy atom. The lowest BCUT2D eigenvalue weighted by Gasteiger charge is -2.29. The summed E-state index contributed by atoms with van der Waals surface area (Å²) in [6.07, 6.45) is 2.04. The number of benzene rings is 2. The van der Waals surface area contributed by atoms with Crippen molar-refractivity contribution in [3.05, 3.63) is 53.2 Å². The third-order valence-corrected chi connectivity index (χ3v) is 6.17. The van der Waals surface area contributed by atoms with Crippen molar-refractivity contribution in [2.75, 3.05) is 24.0 Å². The third kappa shape index (κ3) is 2.36. The number of methoxy groups -OCH3 is 1. The van der Waals surface area contributed by atoms with Crippen LogP contribution in [0.5, 0.6) is 5.75 Å². The van der Waals surface area contributed by atoms with Gasteiger partial charge in [0.15, 0.2) is 11.4 Å². The van der Waals surface area contributed by atoms with Crippen molar-refractivity contribution in [3.8, 4) is 5.75 Å². The van der Waals surface area contributed by atoms with Gasteiger partial charge in [-0.05, 0) is 51.0 Å². The van der Waals surface area contributed by atoms with Crippen molar-refractivity contribution in [2.24, 2.45) is 0 Å². The van der Waals surface area contributed by atoms with E-state index in [2.05, 4.69) is 74.9 Å². The third-order valence-electron chi connectivity index (χ3n) is 6.17. The summed E-state index contributed by atoms with van der Waals surface area (Å²) in [4.78, 5) is 9.43. The molecule has 2 aromatic carbocycles. The van der Waals surface area contributed by atoms with E-state index in [1.165, 1.54) is 0 Å². The molecule has 148 valence electrons. The molecule has 0 spiro atoms. The van der Waals surface area contributed by atoms with Gasteiger partial charge in [0.25, 0.3) is 0 Å². The summed E-state index contributed by atoms with van der Waals surface area (Å²) in [7, 11) is 3.82. The molecule has 0 saturated carbocycles. The van der Waals surface area contributed by atoms with Crippen molar-refractivity contribution in [1.29, 1.82) is 0 Å². The largest absolute Gasteiger partial charge is 0.496 e. The van der Waals surface area contributed by atoms with Gasteiger partial charge in [-0.15, -0.1) is 0 Å². The van der Waals surface area contributed by atoms with Gasteiger partial charge in [0.1, 0.15) is 23.2 Å². The van der Waals surface area contributed by atoms with E-state index in [9.17, 15) is 0 Å². The Bertz CT molecular complexity index is 1270. The first-order valence-corrected chi connectivity index (χ1v) is 9.90. The second kappa shape index (κ2) is 6.14. The van der Waals surface area contributed by atoms with E-state index >= 15 is 0 Å². The van der Waals surface area contributed by atoms with Gasteiger partial charge in [0.05, 0.1) is 12.8 Å². The number of aromatic nitrogens is 1. The molecule has 0 aliphatic carbocycles. The van der Waals surface area contributed by atoms with Crippen LogP contribution >= 0.6 is 0 Å². The second-order valence-corrected chi connectivity index (χ2v) is 7.95. The Kier molecular flexibility index (Phi) is 3.78. The number of para-hydroxylation sites is 1. The predicted octanol–water partition coefficient (Wildman–Crippen LogP) is 5.85. The summed E-state index contributed by atoms with van der Waals surface area (Å²) in [5, 5.41) is 2.17. The number of hydrogen-bond donors (Lipinski definition) is 0. The maximum absolute atomic E-state index is 6.39. The molecule has 0 saturated heterocycles. The summed E-state index contributed by atoms with van der Waals surface area (Å²) >= 11 is 0. The summed E-state index contributed by atoms with van der Waals surface area (Å²) in [6, 6.07) is 10.5. The lowest BCUT2D eigenvalue weighted by atomic mass is 10.1. The van der Waals surface area contributed by atoms with Crippen molar-refractivity contribution in [3.63, 3.8) is 0 Å². The Morgan fingerprint density at radius 1 is 1.07 bits per heavy atom. The fourth-order valence-electron chi connectivity index (χ4n) is 4.49. The monoisotopic (exact) mass is 387 g/mol. The van der Waals surface area contributed by atoms with Gasteiger partial charge >= 0.3 is 0 Å². The number of rotatable bonds is 2. The van der Waals surface area contributed by atoms with Crippen LogP contribution in [-0.4, -0.2) is 25.3 Å². The number of anilines is 3. The molecule has 0 amide bonds. The molecule has 5 heteroatoms. The molecule has 2 aromatic heterocycles. The molecular formula is C24H25N3O2. The minimum absolute atomic E-state index is 0.0996. The van der Waals surface area contributed by atoms with Crippen LogP contribution in [0.25, 0.3) is 21.9 Å². The number of nitrogens with zero attached hydrogens (tertiary/aromatic N) is 3. The Morgan fingerprint density at radius 3 is 2.62 bits per heavy atom. The van der Waals surface area contributed by atoms with Gasteiger partial charge in [-0.25, -0.2) is 4.98 Å². The molecule has 4 aromatic rings. The molecule has 0 fully saturated rings. The summed E-state index contributed by atoms with van der Waals surface area (Å²) in [6.45, 7) is 8.46. The normalized spacial score (nSPS) is 16.1. The number of pyridine rings is 1. The first kappa shape index (κ1) is 17.9. The van der Waals surface area contributed by atoms with E-state index in [1.54, 1.807) is 7.11 Å². The van der Waals surface area contributed by atoms with Gasteiger partial charge in [-0.3, -0.25) is 0 Å². The minimum atomic E-state index is 0.0996. The number of hydrogen-bond acceptors (Lipinski definition) is 5. The van der Waals surface area contributed by atoms with E-state index in [0.29, 0.717) is 0 Å². The number of ether oxygens (including phenoxy) is 1. The summed E-state index contributed by atoms with van der Waals surface area (Å²) in [5.74, 6) is 1.81. The van der Waals surface area contributed by atoms with Crippen molar-refractivity contribution >= 4 is 39.1 Å². The van der Waals surface area contributed by atoms with Crippen molar-refractivity contribution in [1.82, 2.24) is 4.98 Å². The van der Waals surface area contributed by atoms with Crippen LogP contribution < -0.4 is 14.5 Å². The molecule has 1 aliphatic heterocycles. The Hall–Kier alpha value is -3.21. The molecule has 5 nitrogen and oxygen atoms in total. The maximum atomic E-state index is 6.39. The lowest BCUT2D eigenvalue weighted by Crippen LogP contribution is -2.36. The van der Waals surface area contributed by atoms with E-state index in [4.69, 9.17) is 14.1 Å². The Balaban J connectivity index is 1.80. The fraction of sp³-hybridized carbons (Fsp3) is 0.292. The van der Waals surface area contributed by atoms with Gasteiger partial charge < -0.3 is 19.0 Å². The number of aryl methyl sites for hydroxylation is 2.